The maximum atomic E-state index is 13.1. The first-order valence-electron chi connectivity index (χ1n) is 9.74. The molecule has 0 radical (unpaired) electrons. The van der Waals surface area contributed by atoms with Crippen LogP contribution in [-0.2, 0) is 27.3 Å². The normalized spacial score (nSPS) is 21.2. The quantitative estimate of drug-likeness (QED) is 0.613. The number of esters is 1. The number of hydrogen-bond donors (Lipinski definition) is 0. The van der Waals surface area contributed by atoms with Crippen LogP contribution in [0, 0.1) is 0 Å². The minimum atomic E-state index is -0.523. The Hall–Kier alpha value is -1.88. The third-order valence-corrected chi connectivity index (χ3v) is 5.87. The van der Waals surface area contributed by atoms with Crippen LogP contribution >= 0.6 is 0 Å². The second kappa shape index (κ2) is 8.67. The number of amides is 1. The van der Waals surface area contributed by atoms with Crippen molar-refractivity contribution in [3.8, 4) is 0 Å². The van der Waals surface area contributed by atoms with E-state index in [0.29, 0.717) is 25.6 Å². The Kier molecular flexibility index (Phi) is 6.30. The van der Waals surface area contributed by atoms with Crippen LogP contribution in [0.3, 0.4) is 0 Å². The molecule has 1 saturated carbocycles. The Morgan fingerprint density at radius 3 is 2.42 bits per heavy atom. The van der Waals surface area contributed by atoms with Gasteiger partial charge < -0.3 is 9.64 Å². The summed E-state index contributed by atoms with van der Waals surface area (Å²) >= 11 is 0. The maximum absolute atomic E-state index is 13.1. The highest BCUT2D eigenvalue weighted by Crippen LogP contribution is 2.25. The minimum absolute atomic E-state index is 0.0154. The topological polar surface area (TPSA) is 49.9 Å². The van der Waals surface area contributed by atoms with Crippen molar-refractivity contribution in [2.24, 2.45) is 0 Å². The SMILES string of the molecule is COC(=O)C1Cc2ccccc2CN1C(=O)CN(C)C1CCCCCC1. The average Bonchev–Trinajstić information content (AvgIpc) is 2.95. The van der Waals surface area contributed by atoms with E-state index in [1.807, 2.05) is 31.3 Å². The zero-order valence-corrected chi connectivity index (χ0v) is 15.9. The number of nitrogens with zero attached hydrogens (tertiary/aromatic N) is 2. The highest BCUT2D eigenvalue weighted by molar-refractivity contribution is 5.86. The molecule has 1 fully saturated rings. The Morgan fingerprint density at radius 1 is 1.12 bits per heavy atom. The Balaban J connectivity index is 1.72. The van der Waals surface area contributed by atoms with E-state index in [-0.39, 0.29) is 11.9 Å². The van der Waals surface area contributed by atoms with Gasteiger partial charge in [0.05, 0.1) is 13.7 Å². The second-order valence-corrected chi connectivity index (χ2v) is 7.59. The van der Waals surface area contributed by atoms with E-state index in [1.165, 1.54) is 32.8 Å². The maximum Gasteiger partial charge on any atom is 0.328 e. The molecule has 1 aliphatic heterocycles. The zero-order chi connectivity index (χ0) is 18.5. The molecule has 1 aliphatic carbocycles. The molecule has 2 aliphatic rings. The molecule has 1 amide bonds. The summed E-state index contributed by atoms with van der Waals surface area (Å²) in [7, 11) is 3.43. The summed E-state index contributed by atoms with van der Waals surface area (Å²) in [6.07, 6.45) is 7.93. The van der Waals surface area contributed by atoms with E-state index in [0.717, 1.165) is 24.0 Å². The highest BCUT2D eigenvalue weighted by atomic mass is 16.5. The van der Waals surface area contributed by atoms with Crippen molar-refractivity contribution in [2.45, 2.75) is 63.6 Å². The Labute approximate surface area is 156 Å². The van der Waals surface area contributed by atoms with Crippen LogP contribution in [0.4, 0.5) is 0 Å². The molecule has 1 aromatic carbocycles. The van der Waals surface area contributed by atoms with Gasteiger partial charge in [-0.15, -0.1) is 0 Å². The Bertz CT molecular complexity index is 638. The fourth-order valence-corrected chi connectivity index (χ4v) is 4.26. The van der Waals surface area contributed by atoms with Gasteiger partial charge in [0.15, 0.2) is 0 Å². The summed E-state index contributed by atoms with van der Waals surface area (Å²) < 4.78 is 4.98. The summed E-state index contributed by atoms with van der Waals surface area (Å²) in [6, 6.07) is 7.98. The van der Waals surface area contributed by atoms with Crippen LogP contribution in [-0.4, -0.2) is 54.5 Å². The van der Waals surface area contributed by atoms with E-state index >= 15 is 0 Å². The van der Waals surface area contributed by atoms with Gasteiger partial charge in [0.25, 0.3) is 0 Å². The molecule has 1 atom stereocenters. The smallest absolute Gasteiger partial charge is 0.328 e. The van der Waals surface area contributed by atoms with Crippen LogP contribution in [0.1, 0.15) is 49.7 Å². The van der Waals surface area contributed by atoms with Crippen molar-refractivity contribution in [1.29, 1.82) is 0 Å². The van der Waals surface area contributed by atoms with Crippen molar-refractivity contribution in [3.63, 3.8) is 0 Å². The van der Waals surface area contributed by atoms with Crippen LogP contribution in [0.15, 0.2) is 24.3 Å². The van der Waals surface area contributed by atoms with Crippen molar-refractivity contribution in [1.82, 2.24) is 9.80 Å². The number of likely N-dealkylation sites (N-methyl/N-ethyl adjacent to an activating group) is 1. The van der Waals surface area contributed by atoms with Crippen molar-refractivity contribution in [2.75, 3.05) is 20.7 Å². The summed E-state index contributed by atoms with van der Waals surface area (Å²) in [5.74, 6) is -0.313. The van der Waals surface area contributed by atoms with E-state index in [9.17, 15) is 9.59 Å². The molecule has 5 heteroatoms. The fraction of sp³-hybridized carbons (Fsp3) is 0.619. The fourth-order valence-electron chi connectivity index (χ4n) is 4.26. The van der Waals surface area contributed by atoms with E-state index in [2.05, 4.69) is 4.90 Å². The van der Waals surface area contributed by atoms with Crippen molar-refractivity contribution >= 4 is 11.9 Å². The molecule has 0 saturated heterocycles. The second-order valence-electron chi connectivity index (χ2n) is 7.59. The first kappa shape index (κ1) is 18.9. The molecular weight excluding hydrogens is 328 g/mol. The number of benzene rings is 1. The zero-order valence-electron chi connectivity index (χ0n) is 15.9. The molecule has 0 spiro atoms. The van der Waals surface area contributed by atoms with E-state index in [4.69, 9.17) is 4.74 Å². The van der Waals surface area contributed by atoms with Crippen molar-refractivity contribution in [3.05, 3.63) is 35.4 Å². The van der Waals surface area contributed by atoms with Gasteiger partial charge in [-0.2, -0.15) is 0 Å². The van der Waals surface area contributed by atoms with E-state index in [1.54, 1.807) is 4.90 Å². The lowest BCUT2D eigenvalue weighted by atomic mass is 9.94. The predicted molar refractivity (Wildman–Crippen MR) is 101 cm³/mol. The van der Waals surface area contributed by atoms with Crippen LogP contribution in [0.5, 0.6) is 0 Å². The lowest BCUT2D eigenvalue weighted by Crippen LogP contribution is -2.52. The number of carbonyl (C=O) groups is 2. The molecule has 142 valence electrons. The largest absolute Gasteiger partial charge is 0.467 e. The molecule has 1 aromatic rings. The minimum Gasteiger partial charge on any atom is -0.467 e. The average molecular weight is 358 g/mol. The van der Waals surface area contributed by atoms with Gasteiger partial charge in [0, 0.05) is 19.0 Å². The summed E-state index contributed by atoms with van der Waals surface area (Å²) in [6.45, 7) is 0.841. The number of methoxy groups -OCH3 is 1. The lowest BCUT2D eigenvalue weighted by Gasteiger charge is -2.37. The molecule has 1 unspecified atom stereocenters. The van der Waals surface area contributed by atoms with Gasteiger partial charge in [0.2, 0.25) is 5.91 Å². The summed E-state index contributed by atoms with van der Waals surface area (Å²) in [5.41, 5.74) is 2.25. The number of carbonyl (C=O) groups excluding carboxylic acids is 2. The van der Waals surface area contributed by atoms with Gasteiger partial charge in [-0.05, 0) is 31.0 Å². The van der Waals surface area contributed by atoms with Crippen LogP contribution < -0.4 is 0 Å². The summed E-state index contributed by atoms with van der Waals surface area (Å²) in [4.78, 5) is 29.2. The lowest BCUT2D eigenvalue weighted by molar-refractivity contribution is -0.154. The predicted octanol–water partition coefficient (Wildman–Crippen LogP) is 2.77. The van der Waals surface area contributed by atoms with Crippen molar-refractivity contribution < 1.29 is 14.3 Å². The first-order valence-corrected chi connectivity index (χ1v) is 9.74. The van der Waals surface area contributed by atoms with E-state index < -0.39 is 6.04 Å². The standard InChI is InChI=1S/C21H30N2O3/c1-22(18-11-5-3-4-6-12-18)15-20(24)23-14-17-10-8-7-9-16(17)13-19(23)21(25)26-2/h7-10,18-19H,3-6,11-15H2,1-2H3. The van der Waals surface area contributed by atoms with Gasteiger partial charge >= 0.3 is 5.97 Å². The van der Waals surface area contributed by atoms with Gasteiger partial charge in [-0.3, -0.25) is 9.69 Å². The monoisotopic (exact) mass is 358 g/mol. The third-order valence-electron chi connectivity index (χ3n) is 5.87. The van der Waals surface area contributed by atoms with Gasteiger partial charge in [-0.25, -0.2) is 4.79 Å². The first-order chi connectivity index (χ1) is 12.6. The molecule has 0 aromatic heterocycles. The number of ether oxygens (including phenoxy) is 1. The molecule has 0 bridgehead atoms. The van der Waals surface area contributed by atoms with Gasteiger partial charge in [0.1, 0.15) is 6.04 Å². The van der Waals surface area contributed by atoms with Crippen LogP contribution in [0.2, 0.25) is 0 Å². The molecule has 5 nitrogen and oxygen atoms in total. The molecule has 1 heterocycles. The number of rotatable bonds is 4. The number of hydrogen-bond acceptors (Lipinski definition) is 4. The number of fused-ring (bicyclic) bond motifs is 1. The highest BCUT2D eigenvalue weighted by Gasteiger charge is 2.35. The summed E-state index contributed by atoms with van der Waals surface area (Å²) in [5, 5.41) is 0. The molecular formula is C21H30N2O3. The molecule has 3 rings (SSSR count). The van der Waals surface area contributed by atoms with Gasteiger partial charge in [-0.1, -0.05) is 49.9 Å². The third kappa shape index (κ3) is 4.26. The molecule has 26 heavy (non-hydrogen) atoms. The molecule has 0 N–H and O–H groups in total. The van der Waals surface area contributed by atoms with Crippen LogP contribution in [0.25, 0.3) is 0 Å². The Morgan fingerprint density at radius 2 is 1.77 bits per heavy atom.